The molecule has 1 unspecified atom stereocenters. The summed E-state index contributed by atoms with van der Waals surface area (Å²) in [5.74, 6) is -1.82. The molecule has 23 heavy (non-hydrogen) atoms. The fourth-order valence-corrected chi connectivity index (χ4v) is 2.72. The molecule has 0 saturated heterocycles. The van der Waals surface area contributed by atoms with Gasteiger partial charge < -0.3 is 15.2 Å². The Morgan fingerprint density at radius 2 is 1.91 bits per heavy atom. The van der Waals surface area contributed by atoms with Crippen LogP contribution in [0.1, 0.15) is 38.5 Å². The summed E-state index contributed by atoms with van der Waals surface area (Å²) in [5, 5.41) is 12.6. The van der Waals surface area contributed by atoms with Gasteiger partial charge in [-0.3, -0.25) is 4.79 Å². The highest BCUT2D eigenvalue weighted by molar-refractivity contribution is 5.78. The Labute approximate surface area is 134 Å². The molecule has 128 valence electrons. The second-order valence-electron chi connectivity index (χ2n) is 5.97. The lowest BCUT2D eigenvalue weighted by Crippen LogP contribution is -2.38. The molecule has 4 nitrogen and oxygen atoms in total. The molecule has 1 aromatic carbocycles. The molecule has 0 heterocycles. The van der Waals surface area contributed by atoms with Crippen LogP contribution in [0.15, 0.2) is 18.2 Å². The molecule has 6 heteroatoms. The minimum Gasteiger partial charge on any atom is -0.491 e. The molecule has 1 aliphatic carbocycles. The van der Waals surface area contributed by atoms with Crippen LogP contribution in [0.2, 0.25) is 0 Å². The first kappa shape index (κ1) is 17.7. The van der Waals surface area contributed by atoms with Gasteiger partial charge in [0, 0.05) is 18.5 Å². The molecule has 1 saturated carbocycles. The molecular formula is C17H23F2NO3. The van der Waals surface area contributed by atoms with Gasteiger partial charge in [0.1, 0.15) is 18.5 Å². The number of carbonyl (C=O) groups excluding carboxylic acids is 1. The zero-order valence-corrected chi connectivity index (χ0v) is 13.1. The summed E-state index contributed by atoms with van der Waals surface area (Å²) in [7, 11) is 0. The van der Waals surface area contributed by atoms with Crippen molar-refractivity contribution >= 4 is 5.91 Å². The SMILES string of the molecule is O=C(NCC(O)COc1ccc(F)c(F)c1)C1CCCCCC1. The number of halogens is 2. The van der Waals surface area contributed by atoms with E-state index in [-0.39, 0.29) is 30.7 Å². The van der Waals surface area contributed by atoms with Gasteiger partial charge in [0.05, 0.1) is 0 Å². The minimum absolute atomic E-state index is 0.0248. The van der Waals surface area contributed by atoms with Crippen molar-refractivity contribution in [2.75, 3.05) is 13.2 Å². The van der Waals surface area contributed by atoms with Gasteiger partial charge in [0.2, 0.25) is 5.91 Å². The van der Waals surface area contributed by atoms with E-state index < -0.39 is 17.7 Å². The van der Waals surface area contributed by atoms with Crippen LogP contribution in [-0.4, -0.2) is 30.3 Å². The van der Waals surface area contributed by atoms with Crippen molar-refractivity contribution in [3.05, 3.63) is 29.8 Å². The van der Waals surface area contributed by atoms with E-state index in [4.69, 9.17) is 4.74 Å². The van der Waals surface area contributed by atoms with Crippen molar-refractivity contribution in [1.29, 1.82) is 0 Å². The molecule has 0 bridgehead atoms. The van der Waals surface area contributed by atoms with Crippen LogP contribution in [-0.2, 0) is 4.79 Å². The third-order valence-corrected chi connectivity index (χ3v) is 4.07. The van der Waals surface area contributed by atoms with E-state index in [2.05, 4.69) is 5.32 Å². The average Bonchev–Trinajstić information content (AvgIpc) is 2.83. The number of benzene rings is 1. The number of ether oxygens (including phenoxy) is 1. The number of carbonyl (C=O) groups is 1. The first-order valence-electron chi connectivity index (χ1n) is 8.10. The predicted molar refractivity (Wildman–Crippen MR) is 82.1 cm³/mol. The maximum Gasteiger partial charge on any atom is 0.223 e. The summed E-state index contributed by atoms with van der Waals surface area (Å²) in [4.78, 5) is 12.1. The molecule has 1 atom stereocenters. The molecule has 2 N–H and O–H groups in total. The lowest BCUT2D eigenvalue weighted by atomic mass is 9.99. The Balaban J connectivity index is 1.70. The molecule has 0 aromatic heterocycles. The zero-order valence-electron chi connectivity index (χ0n) is 13.1. The molecular weight excluding hydrogens is 304 g/mol. The van der Waals surface area contributed by atoms with Crippen molar-refractivity contribution in [1.82, 2.24) is 5.32 Å². The fraction of sp³-hybridized carbons (Fsp3) is 0.588. The number of aliphatic hydroxyl groups excluding tert-OH is 1. The number of amides is 1. The van der Waals surface area contributed by atoms with Crippen molar-refractivity contribution < 1.29 is 23.4 Å². The second-order valence-corrected chi connectivity index (χ2v) is 5.97. The quantitative estimate of drug-likeness (QED) is 0.790. The predicted octanol–water partition coefficient (Wildman–Crippen LogP) is 2.79. The molecule has 1 amide bonds. The summed E-state index contributed by atoms with van der Waals surface area (Å²) < 4.78 is 31.0. The van der Waals surface area contributed by atoms with Crippen molar-refractivity contribution in [2.45, 2.75) is 44.6 Å². The van der Waals surface area contributed by atoms with E-state index in [1.54, 1.807) is 0 Å². The van der Waals surface area contributed by atoms with Crippen molar-refractivity contribution in [2.24, 2.45) is 5.92 Å². The lowest BCUT2D eigenvalue weighted by molar-refractivity contribution is -0.125. The minimum atomic E-state index is -1.00. The van der Waals surface area contributed by atoms with Gasteiger partial charge in [0.15, 0.2) is 11.6 Å². The highest BCUT2D eigenvalue weighted by Crippen LogP contribution is 2.22. The lowest BCUT2D eigenvalue weighted by Gasteiger charge is -2.17. The van der Waals surface area contributed by atoms with Crippen LogP contribution in [0.3, 0.4) is 0 Å². The topological polar surface area (TPSA) is 58.6 Å². The van der Waals surface area contributed by atoms with Gasteiger partial charge >= 0.3 is 0 Å². The third kappa shape index (κ3) is 5.78. The highest BCUT2D eigenvalue weighted by Gasteiger charge is 2.20. The number of aliphatic hydroxyl groups is 1. The van der Waals surface area contributed by atoms with E-state index in [0.717, 1.165) is 37.8 Å². The molecule has 0 aliphatic heterocycles. The van der Waals surface area contributed by atoms with Crippen molar-refractivity contribution in [3.8, 4) is 5.75 Å². The first-order valence-corrected chi connectivity index (χ1v) is 8.10. The maximum atomic E-state index is 13.0. The molecule has 0 spiro atoms. The van der Waals surface area contributed by atoms with Gasteiger partial charge in [-0.2, -0.15) is 0 Å². The Hall–Kier alpha value is -1.69. The van der Waals surface area contributed by atoms with Crippen LogP contribution in [0.25, 0.3) is 0 Å². The molecule has 0 radical (unpaired) electrons. The monoisotopic (exact) mass is 327 g/mol. The van der Waals surface area contributed by atoms with Gasteiger partial charge in [-0.15, -0.1) is 0 Å². The molecule has 1 aromatic rings. The van der Waals surface area contributed by atoms with Gasteiger partial charge in [-0.1, -0.05) is 25.7 Å². The van der Waals surface area contributed by atoms with Crippen LogP contribution in [0.4, 0.5) is 8.78 Å². The van der Waals surface area contributed by atoms with E-state index >= 15 is 0 Å². The van der Waals surface area contributed by atoms with Crippen LogP contribution in [0.5, 0.6) is 5.75 Å². The summed E-state index contributed by atoms with van der Waals surface area (Å²) in [6.07, 6.45) is 5.38. The summed E-state index contributed by atoms with van der Waals surface area (Å²) in [6, 6.07) is 3.17. The van der Waals surface area contributed by atoms with Gasteiger partial charge in [0.25, 0.3) is 0 Å². The summed E-state index contributed by atoms with van der Waals surface area (Å²) in [6.45, 7) is -0.0188. The second kappa shape index (κ2) is 8.82. The van der Waals surface area contributed by atoms with E-state index in [9.17, 15) is 18.7 Å². The highest BCUT2D eigenvalue weighted by atomic mass is 19.2. The van der Waals surface area contributed by atoms with E-state index in [1.807, 2.05) is 0 Å². The number of hydrogen-bond acceptors (Lipinski definition) is 3. The Morgan fingerprint density at radius 1 is 1.22 bits per heavy atom. The van der Waals surface area contributed by atoms with E-state index in [0.29, 0.717) is 0 Å². The Bertz CT molecular complexity index is 517. The Kier molecular flexibility index (Phi) is 6.77. The number of rotatable bonds is 6. The smallest absolute Gasteiger partial charge is 0.223 e. The first-order chi connectivity index (χ1) is 11.1. The molecule has 2 rings (SSSR count). The largest absolute Gasteiger partial charge is 0.491 e. The van der Waals surface area contributed by atoms with Crippen LogP contribution >= 0.6 is 0 Å². The number of nitrogens with one attached hydrogen (secondary N) is 1. The fourth-order valence-electron chi connectivity index (χ4n) is 2.72. The van der Waals surface area contributed by atoms with Crippen LogP contribution < -0.4 is 10.1 Å². The van der Waals surface area contributed by atoms with Crippen molar-refractivity contribution in [3.63, 3.8) is 0 Å². The number of hydrogen-bond donors (Lipinski definition) is 2. The normalized spacial score (nSPS) is 17.3. The Morgan fingerprint density at radius 3 is 2.57 bits per heavy atom. The van der Waals surface area contributed by atoms with E-state index in [1.165, 1.54) is 18.9 Å². The standard InChI is InChI=1S/C17H23F2NO3/c18-15-8-7-14(9-16(15)19)23-11-13(21)10-20-17(22)12-5-3-1-2-4-6-12/h7-9,12-13,21H,1-6,10-11H2,(H,20,22). The average molecular weight is 327 g/mol. The summed E-state index contributed by atoms with van der Waals surface area (Å²) in [5.41, 5.74) is 0. The summed E-state index contributed by atoms with van der Waals surface area (Å²) >= 11 is 0. The van der Waals surface area contributed by atoms with Gasteiger partial charge in [-0.05, 0) is 25.0 Å². The zero-order chi connectivity index (χ0) is 16.7. The third-order valence-electron chi connectivity index (χ3n) is 4.07. The van der Waals surface area contributed by atoms with Gasteiger partial charge in [-0.25, -0.2) is 8.78 Å². The van der Waals surface area contributed by atoms with Crippen LogP contribution in [0, 0.1) is 17.6 Å². The maximum absolute atomic E-state index is 13.0. The molecule has 1 fully saturated rings. The molecule has 1 aliphatic rings.